The van der Waals surface area contributed by atoms with Crippen LogP contribution in [0.25, 0.3) is 0 Å². The highest BCUT2D eigenvalue weighted by Crippen LogP contribution is 2.31. The number of aliphatic imine (C=N–C) groups is 1. The second-order valence-electron chi connectivity index (χ2n) is 7.98. The summed E-state index contributed by atoms with van der Waals surface area (Å²) in [6.45, 7) is 3.57. The van der Waals surface area contributed by atoms with Gasteiger partial charge in [-0.05, 0) is 25.0 Å². The number of thiazole rings is 1. The number of nitrogens with zero attached hydrogens (tertiary/aromatic N) is 3. The normalized spacial score (nSPS) is 16.5. The maximum absolute atomic E-state index is 12.3. The number of carboxylic acids is 1. The number of amides is 1. The molecule has 0 saturated heterocycles. The average Bonchev–Trinajstić information content (AvgIpc) is 3.29. The van der Waals surface area contributed by atoms with Crippen molar-refractivity contribution in [3.63, 3.8) is 0 Å². The molecule has 198 valence electrons. The largest absolute Gasteiger partial charge is 0.549 e. The Morgan fingerprint density at radius 3 is 2.84 bits per heavy atom. The first-order chi connectivity index (χ1) is 17.7. The van der Waals surface area contributed by atoms with Crippen LogP contribution in [0.5, 0.6) is 5.75 Å². The van der Waals surface area contributed by atoms with Gasteiger partial charge >= 0.3 is 13.1 Å². The lowest BCUT2D eigenvalue weighted by Gasteiger charge is -2.26. The zero-order valence-corrected chi connectivity index (χ0v) is 20.9. The van der Waals surface area contributed by atoms with Crippen molar-refractivity contribution in [1.29, 1.82) is 0 Å². The topological polar surface area (TPSA) is 233 Å². The third-order valence-electron chi connectivity index (χ3n) is 5.23. The van der Waals surface area contributed by atoms with E-state index >= 15 is 0 Å². The van der Waals surface area contributed by atoms with Gasteiger partial charge in [-0.15, -0.1) is 11.3 Å². The lowest BCUT2D eigenvalue weighted by Crippen LogP contribution is -2.43. The molecule has 10 N–H and O–H groups in total. The van der Waals surface area contributed by atoms with Gasteiger partial charge in [0.2, 0.25) is 6.10 Å². The van der Waals surface area contributed by atoms with E-state index in [1.165, 1.54) is 13.0 Å². The predicted octanol–water partition coefficient (Wildman–Crippen LogP) is -1.42. The summed E-state index contributed by atoms with van der Waals surface area (Å²) in [6, 6.07) is 4.64. The maximum Gasteiger partial charge on any atom is 0.549 e. The zero-order valence-electron chi connectivity index (χ0n) is 20.1. The first kappa shape index (κ1) is 27.9. The summed E-state index contributed by atoms with van der Waals surface area (Å²) in [4.78, 5) is 37.7. The molecule has 1 amide bonds. The van der Waals surface area contributed by atoms with Gasteiger partial charge < -0.3 is 47.5 Å². The third kappa shape index (κ3) is 7.39. The highest BCUT2D eigenvalue weighted by Gasteiger charge is 2.37. The van der Waals surface area contributed by atoms with Gasteiger partial charge in [-0.25, -0.2) is 9.78 Å². The first-order valence-corrected chi connectivity index (χ1v) is 12.3. The number of carboxylic acid groups (broad SMARTS) is 1. The SMILES string of the molecule is CC(O/N=C(\C(N)=N\[C@H]1Cc2cccc(C(=O)O)c2OB1O)c1csc(N)n1)C(=O)NCCNCCN. The zero-order chi connectivity index (χ0) is 26.9. The molecule has 37 heavy (non-hydrogen) atoms. The van der Waals surface area contributed by atoms with Crippen LogP contribution in [0.15, 0.2) is 33.7 Å². The smallest absolute Gasteiger partial charge is 0.534 e. The van der Waals surface area contributed by atoms with Crippen LogP contribution in [0, 0.1) is 0 Å². The Labute approximate surface area is 217 Å². The Kier molecular flexibility index (Phi) is 9.79. The van der Waals surface area contributed by atoms with E-state index in [4.69, 9.17) is 26.7 Å². The van der Waals surface area contributed by atoms with Crippen LogP contribution in [0.2, 0.25) is 0 Å². The van der Waals surface area contributed by atoms with Crippen LogP contribution in [0.3, 0.4) is 0 Å². The highest BCUT2D eigenvalue weighted by molar-refractivity contribution is 7.13. The molecule has 0 fully saturated rings. The highest BCUT2D eigenvalue weighted by atomic mass is 32.1. The fourth-order valence-electron chi connectivity index (χ4n) is 3.37. The lowest BCUT2D eigenvalue weighted by molar-refractivity contribution is -0.131. The number of anilines is 1. The number of amidine groups is 1. The minimum atomic E-state index is -1.47. The van der Waals surface area contributed by atoms with E-state index in [9.17, 15) is 19.7 Å². The summed E-state index contributed by atoms with van der Waals surface area (Å²) in [5.41, 5.74) is 18.1. The summed E-state index contributed by atoms with van der Waals surface area (Å²) < 4.78 is 5.46. The molecule has 1 aliphatic rings. The monoisotopic (exact) mass is 532 g/mol. The van der Waals surface area contributed by atoms with E-state index < -0.39 is 31.0 Å². The number of oxime groups is 1. The van der Waals surface area contributed by atoms with Crippen LogP contribution in [0.1, 0.15) is 28.5 Å². The number of hydrogen-bond acceptors (Lipinski definition) is 12. The summed E-state index contributed by atoms with van der Waals surface area (Å²) in [5, 5.41) is 31.5. The summed E-state index contributed by atoms with van der Waals surface area (Å²) >= 11 is 1.14. The number of carbonyl (C=O) groups excluding carboxylic acids is 1. The molecule has 2 heterocycles. The van der Waals surface area contributed by atoms with Gasteiger partial charge in [0, 0.05) is 31.6 Å². The third-order valence-corrected chi connectivity index (χ3v) is 5.90. The van der Waals surface area contributed by atoms with Gasteiger partial charge in [0.25, 0.3) is 5.91 Å². The number of nitrogen functional groups attached to an aromatic ring is 1. The Morgan fingerprint density at radius 2 is 2.16 bits per heavy atom. The Hall–Kier alpha value is -3.73. The number of para-hydroxylation sites is 1. The number of carbonyl (C=O) groups is 2. The number of aromatic nitrogens is 1. The first-order valence-electron chi connectivity index (χ1n) is 11.4. The van der Waals surface area contributed by atoms with Gasteiger partial charge in [0.1, 0.15) is 23.2 Å². The summed E-state index contributed by atoms with van der Waals surface area (Å²) in [5.74, 6) is -2.51. The van der Waals surface area contributed by atoms with E-state index in [0.717, 1.165) is 11.3 Å². The number of nitrogens with two attached hydrogens (primary N) is 3. The van der Waals surface area contributed by atoms with Crippen molar-refractivity contribution in [2.45, 2.75) is 25.4 Å². The van der Waals surface area contributed by atoms with Crippen LogP contribution in [0.4, 0.5) is 5.13 Å². The Morgan fingerprint density at radius 1 is 1.38 bits per heavy atom. The Bertz CT molecular complexity index is 1180. The van der Waals surface area contributed by atoms with Crippen molar-refractivity contribution < 1.29 is 29.2 Å². The molecule has 16 heteroatoms. The molecule has 0 spiro atoms. The number of fused-ring (bicyclic) bond motifs is 1. The molecule has 0 saturated carbocycles. The van der Waals surface area contributed by atoms with E-state index in [1.54, 1.807) is 17.5 Å². The molecule has 2 aromatic rings. The van der Waals surface area contributed by atoms with Crippen molar-refractivity contribution in [3.05, 3.63) is 40.4 Å². The van der Waals surface area contributed by atoms with Crippen molar-refractivity contribution in [2.75, 3.05) is 31.9 Å². The fourth-order valence-corrected chi connectivity index (χ4v) is 3.92. The number of benzene rings is 1. The number of aromatic carboxylic acids is 1. The van der Waals surface area contributed by atoms with Gasteiger partial charge in [0.05, 0.1) is 5.56 Å². The number of rotatable bonds is 12. The molecule has 1 aliphatic heterocycles. The van der Waals surface area contributed by atoms with E-state index in [-0.39, 0.29) is 40.1 Å². The van der Waals surface area contributed by atoms with Crippen LogP contribution >= 0.6 is 11.3 Å². The molecule has 2 atom stereocenters. The summed E-state index contributed by atoms with van der Waals surface area (Å²) in [6.07, 6.45) is -0.805. The quantitative estimate of drug-likeness (QED) is 0.0551. The van der Waals surface area contributed by atoms with E-state index in [1.807, 2.05) is 0 Å². The van der Waals surface area contributed by atoms with Crippen molar-refractivity contribution in [3.8, 4) is 5.75 Å². The molecular weight excluding hydrogens is 503 g/mol. The van der Waals surface area contributed by atoms with Crippen LogP contribution in [-0.2, 0) is 16.1 Å². The molecule has 0 aliphatic carbocycles. The van der Waals surface area contributed by atoms with Crippen LogP contribution in [-0.4, -0.2) is 83.9 Å². The molecule has 1 unspecified atom stereocenters. The number of nitrogens with one attached hydrogen (secondary N) is 2. The molecule has 0 radical (unpaired) electrons. The second-order valence-corrected chi connectivity index (χ2v) is 8.87. The molecule has 3 rings (SSSR count). The molecule has 14 nitrogen and oxygen atoms in total. The minimum absolute atomic E-state index is 0.00879. The van der Waals surface area contributed by atoms with Gasteiger partial charge in [-0.2, -0.15) is 0 Å². The van der Waals surface area contributed by atoms with Crippen molar-refractivity contribution >= 4 is 47.0 Å². The Balaban J connectivity index is 1.77. The van der Waals surface area contributed by atoms with E-state index in [2.05, 4.69) is 25.8 Å². The number of hydrogen-bond donors (Lipinski definition) is 7. The molecule has 1 aromatic heterocycles. The standard InChI is InChI=1S/C21H29BN8O6S/c1-11(19(31)27-8-7-26-6-5-23)36-30-16(14-10-37-21(25)28-14)18(24)29-15-9-12-3-2-4-13(20(32)33)17(12)35-22(15)34/h2-4,10-11,15,26,34H,5-9,23H2,1H3,(H2,24,29)(H2,25,28)(H,27,31)(H,32,33)/b30-16-/t11?,15-/m0/s1. The van der Waals surface area contributed by atoms with Gasteiger partial charge in [-0.3, -0.25) is 9.79 Å². The minimum Gasteiger partial charge on any atom is -0.534 e. The van der Waals surface area contributed by atoms with E-state index in [0.29, 0.717) is 31.7 Å². The van der Waals surface area contributed by atoms with Crippen molar-refractivity contribution in [1.82, 2.24) is 15.6 Å². The molecular formula is C21H29BN8O6S. The average molecular weight is 532 g/mol. The van der Waals surface area contributed by atoms with Gasteiger partial charge in [0.15, 0.2) is 10.8 Å². The molecule has 0 bridgehead atoms. The molecule has 1 aromatic carbocycles. The van der Waals surface area contributed by atoms with Crippen LogP contribution < -0.4 is 32.5 Å². The second kappa shape index (κ2) is 13.0. The van der Waals surface area contributed by atoms with Crippen molar-refractivity contribution in [2.24, 2.45) is 21.6 Å². The lowest BCUT2D eigenvalue weighted by atomic mass is 9.72. The fraction of sp³-hybridized carbons (Fsp3) is 0.381. The van der Waals surface area contributed by atoms with Gasteiger partial charge in [-0.1, -0.05) is 17.3 Å². The predicted molar refractivity (Wildman–Crippen MR) is 140 cm³/mol. The summed E-state index contributed by atoms with van der Waals surface area (Å²) in [7, 11) is -1.47. The maximum atomic E-state index is 12.3.